The van der Waals surface area contributed by atoms with Crippen LogP contribution >= 0.6 is 0 Å². The van der Waals surface area contributed by atoms with Gasteiger partial charge in [0.2, 0.25) is 5.91 Å². The number of hydrogen-bond acceptors (Lipinski definition) is 5. The van der Waals surface area contributed by atoms with Crippen molar-refractivity contribution in [3.05, 3.63) is 0 Å². The predicted octanol–water partition coefficient (Wildman–Crippen LogP) is -0.798. The van der Waals surface area contributed by atoms with Gasteiger partial charge >= 0.3 is 0 Å². The topological polar surface area (TPSA) is 62.8 Å². The van der Waals surface area contributed by atoms with E-state index in [1.807, 2.05) is 0 Å². The fraction of sp³-hybridized carbons (Fsp3) is 0.923. The van der Waals surface area contributed by atoms with E-state index in [1.165, 1.54) is 0 Å². The number of nitrogens with one attached hydrogen (secondary N) is 2. The molecule has 0 saturated carbocycles. The normalized spacial score (nSPS) is 29.1. The number of amides is 1. The largest absolute Gasteiger partial charge is 0.378 e. The smallest absolute Gasteiger partial charge is 0.221 e. The van der Waals surface area contributed by atoms with Gasteiger partial charge in [-0.2, -0.15) is 0 Å². The number of ether oxygens (including phenoxy) is 2. The molecule has 2 aliphatic heterocycles. The molecule has 0 spiro atoms. The van der Waals surface area contributed by atoms with Crippen LogP contribution in [0.4, 0.5) is 0 Å². The minimum atomic E-state index is 0.0696. The minimum absolute atomic E-state index is 0.0696. The maximum atomic E-state index is 11.8. The highest BCUT2D eigenvalue weighted by atomic mass is 16.5. The summed E-state index contributed by atoms with van der Waals surface area (Å²) in [5, 5.41) is 6.24. The molecule has 6 heteroatoms. The molecule has 110 valence electrons. The van der Waals surface area contributed by atoms with E-state index in [0.29, 0.717) is 19.6 Å². The number of likely N-dealkylation sites (N-methyl/N-ethyl adjacent to an activating group) is 1. The van der Waals surface area contributed by atoms with Gasteiger partial charge in [0.05, 0.1) is 25.9 Å². The van der Waals surface area contributed by atoms with Crippen LogP contribution in [0.5, 0.6) is 0 Å². The number of nitrogens with zero attached hydrogens (tertiary/aromatic N) is 1. The molecule has 1 amide bonds. The Morgan fingerprint density at radius 1 is 1.47 bits per heavy atom. The average molecular weight is 271 g/mol. The third-order valence-electron chi connectivity index (χ3n) is 3.63. The molecule has 19 heavy (non-hydrogen) atoms. The summed E-state index contributed by atoms with van der Waals surface area (Å²) in [5.41, 5.74) is 0. The highest BCUT2D eigenvalue weighted by Gasteiger charge is 2.21. The molecular weight excluding hydrogens is 246 g/mol. The van der Waals surface area contributed by atoms with Crippen LogP contribution in [-0.4, -0.2) is 75.5 Å². The quantitative estimate of drug-likeness (QED) is 0.685. The lowest BCUT2D eigenvalue weighted by atomic mass is 10.2. The summed E-state index contributed by atoms with van der Waals surface area (Å²) < 4.78 is 11.0. The summed E-state index contributed by atoms with van der Waals surface area (Å²) in [5.74, 6) is 0.0696. The highest BCUT2D eigenvalue weighted by Crippen LogP contribution is 2.04. The average Bonchev–Trinajstić information content (AvgIpc) is 2.46. The van der Waals surface area contributed by atoms with E-state index >= 15 is 0 Å². The first kappa shape index (κ1) is 14.7. The van der Waals surface area contributed by atoms with Crippen LogP contribution in [0.2, 0.25) is 0 Å². The van der Waals surface area contributed by atoms with Crippen molar-refractivity contribution in [2.45, 2.75) is 25.5 Å². The Morgan fingerprint density at radius 3 is 3.11 bits per heavy atom. The molecule has 0 radical (unpaired) electrons. The van der Waals surface area contributed by atoms with Crippen molar-refractivity contribution in [2.75, 3.05) is 52.5 Å². The van der Waals surface area contributed by atoms with Crippen molar-refractivity contribution < 1.29 is 14.3 Å². The maximum Gasteiger partial charge on any atom is 0.221 e. The van der Waals surface area contributed by atoms with Gasteiger partial charge in [0.15, 0.2) is 0 Å². The Bertz CT molecular complexity index is 282. The van der Waals surface area contributed by atoms with Gasteiger partial charge in [0, 0.05) is 38.6 Å². The van der Waals surface area contributed by atoms with E-state index < -0.39 is 0 Å². The molecule has 2 atom stereocenters. The van der Waals surface area contributed by atoms with Crippen LogP contribution < -0.4 is 10.6 Å². The van der Waals surface area contributed by atoms with Gasteiger partial charge in [-0.1, -0.05) is 6.92 Å². The molecular formula is C13H25N3O3. The first-order chi connectivity index (χ1) is 9.28. The number of morpholine rings is 2. The van der Waals surface area contributed by atoms with Gasteiger partial charge in [-0.3, -0.25) is 9.69 Å². The van der Waals surface area contributed by atoms with Crippen LogP contribution in [0.1, 0.15) is 13.3 Å². The second-order valence-corrected chi connectivity index (χ2v) is 5.12. The Kier molecular flexibility index (Phi) is 6.03. The fourth-order valence-corrected chi connectivity index (χ4v) is 2.47. The second-order valence-electron chi connectivity index (χ2n) is 5.12. The van der Waals surface area contributed by atoms with Crippen LogP contribution in [0.15, 0.2) is 0 Å². The molecule has 2 aliphatic rings. The Labute approximate surface area is 114 Å². The van der Waals surface area contributed by atoms with Crippen molar-refractivity contribution in [1.82, 2.24) is 15.5 Å². The fourth-order valence-electron chi connectivity index (χ4n) is 2.47. The molecule has 0 aromatic heterocycles. The highest BCUT2D eigenvalue weighted by molar-refractivity contribution is 5.76. The molecule has 2 N–H and O–H groups in total. The zero-order valence-electron chi connectivity index (χ0n) is 11.7. The zero-order valence-corrected chi connectivity index (χ0v) is 11.7. The molecule has 0 aliphatic carbocycles. The van der Waals surface area contributed by atoms with Gasteiger partial charge < -0.3 is 20.1 Å². The third kappa shape index (κ3) is 5.06. The number of rotatable bonds is 5. The lowest BCUT2D eigenvalue weighted by molar-refractivity contribution is -0.123. The van der Waals surface area contributed by atoms with Gasteiger partial charge in [-0.15, -0.1) is 0 Å². The van der Waals surface area contributed by atoms with Gasteiger partial charge in [0.1, 0.15) is 0 Å². The first-order valence-corrected chi connectivity index (χ1v) is 7.19. The summed E-state index contributed by atoms with van der Waals surface area (Å²) in [6.45, 7) is 8.63. The monoisotopic (exact) mass is 271 g/mol. The Balaban J connectivity index is 1.62. The lowest BCUT2D eigenvalue weighted by Gasteiger charge is -2.32. The van der Waals surface area contributed by atoms with E-state index in [0.717, 1.165) is 39.4 Å². The van der Waals surface area contributed by atoms with E-state index in [1.54, 1.807) is 0 Å². The van der Waals surface area contributed by atoms with E-state index in [-0.39, 0.29) is 18.1 Å². The molecule has 2 unspecified atom stereocenters. The molecule has 0 bridgehead atoms. The molecule has 2 saturated heterocycles. The maximum absolute atomic E-state index is 11.8. The Hall–Kier alpha value is -0.690. The van der Waals surface area contributed by atoms with Crippen LogP contribution in [-0.2, 0) is 14.3 Å². The number of carbonyl (C=O) groups is 1. The molecule has 2 heterocycles. The predicted molar refractivity (Wildman–Crippen MR) is 72.1 cm³/mol. The van der Waals surface area contributed by atoms with Gasteiger partial charge in [0.25, 0.3) is 0 Å². The molecule has 0 aromatic carbocycles. The number of carbonyl (C=O) groups excluding carboxylic acids is 1. The molecule has 2 fully saturated rings. The summed E-state index contributed by atoms with van der Waals surface area (Å²) in [6.07, 6.45) is 0.595. The number of hydrogen-bond donors (Lipinski definition) is 2. The van der Waals surface area contributed by atoms with Crippen LogP contribution in [0.3, 0.4) is 0 Å². The summed E-state index contributed by atoms with van der Waals surface area (Å²) in [7, 11) is 0. The Morgan fingerprint density at radius 2 is 2.37 bits per heavy atom. The third-order valence-corrected chi connectivity index (χ3v) is 3.63. The zero-order chi connectivity index (χ0) is 13.5. The molecule has 0 aromatic rings. The van der Waals surface area contributed by atoms with Crippen molar-refractivity contribution >= 4 is 5.91 Å². The summed E-state index contributed by atoms with van der Waals surface area (Å²) in [4.78, 5) is 14.2. The standard InChI is InChI=1S/C13H25N3O3/c1-2-16-4-6-19-12(9-16)8-15-13(17)7-11-10-18-5-3-14-11/h11-12,14H,2-10H2,1H3,(H,15,17). The van der Waals surface area contributed by atoms with Crippen LogP contribution in [0, 0.1) is 0 Å². The van der Waals surface area contributed by atoms with Crippen molar-refractivity contribution in [1.29, 1.82) is 0 Å². The molecule has 6 nitrogen and oxygen atoms in total. The van der Waals surface area contributed by atoms with Crippen molar-refractivity contribution in [3.63, 3.8) is 0 Å². The van der Waals surface area contributed by atoms with E-state index in [4.69, 9.17) is 9.47 Å². The first-order valence-electron chi connectivity index (χ1n) is 7.19. The van der Waals surface area contributed by atoms with Crippen LogP contribution in [0.25, 0.3) is 0 Å². The van der Waals surface area contributed by atoms with Gasteiger partial charge in [-0.05, 0) is 6.54 Å². The van der Waals surface area contributed by atoms with E-state index in [9.17, 15) is 4.79 Å². The lowest BCUT2D eigenvalue weighted by Crippen LogP contribution is -2.49. The van der Waals surface area contributed by atoms with E-state index in [2.05, 4.69) is 22.5 Å². The minimum Gasteiger partial charge on any atom is -0.378 e. The summed E-state index contributed by atoms with van der Waals surface area (Å²) >= 11 is 0. The van der Waals surface area contributed by atoms with Crippen molar-refractivity contribution in [2.24, 2.45) is 0 Å². The van der Waals surface area contributed by atoms with Gasteiger partial charge in [-0.25, -0.2) is 0 Å². The summed E-state index contributed by atoms with van der Waals surface area (Å²) in [6, 6.07) is 0.146. The molecule has 2 rings (SSSR count). The SMILES string of the molecule is CCN1CCOC(CNC(=O)CC2COCCN2)C1. The second kappa shape index (κ2) is 7.79. The van der Waals surface area contributed by atoms with Crippen molar-refractivity contribution in [3.8, 4) is 0 Å².